The van der Waals surface area contributed by atoms with E-state index < -0.39 is 9.84 Å². The molecule has 0 aliphatic heterocycles. The van der Waals surface area contributed by atoms with Gasteiger partial charge < -0.3 is 5.32 Å². The van der Waals surface area contributed by atoms with E-state index in [2.05, 4.69) is 15.3 Å². The second-order valence-electron chi connectivity index (χ2n) is 4.76. The predicted octanol–water partition coefficient (Wildman–Crippen LogP) is 1.76. The van der Waals surface area contributed by atoms with E-state index in [9.17, 15) is 13.2 Å². The lowest BCUT2D eigenvalue weighted by atomic mass is 10.1. The van der Waals surface area contributed by atoms with E-state index in [1.165, 1.54) is 24.7 Å². The van der Waals surface area contributed by atoms with Crippen molar-refractivity contribution in [1.29, 1.82) is 0 Å². The van der Waals surface area contributed by atoms with Crippen LogP contribution in [0.15, 0.2) is 47.9 Å². The Morgan fingerprint density at radius 3 is 2.55 bits per heavy atom. The number of nitrogens with zero attached hydrogens (tertiary/aromatic N) is 2. The number of pyridine rings is 2. The van der Waals surface area contributed by atoms with Crippen LogP contribution in [0.5, 0.6) is 0 Å². The minimum atomic E-state index is -3.37. The fourth-order valence-corrected chi connectivity index (χ4v) is 2.71. The number of carbonyl (C=O) groups excluding carboxylic acids is 1. The van der Waals surface area contributed by atoms with Gasteiger partial charge in [-0.25, -0.2) is 13.4 Å². The van der Waals surface area contributed by atoms with E-state index in [-0.39, 0.29) is 22.7 Å². The molecule has 0 aliphatic rings. The Balaban J connectivity index is 2.18. The average Bonchev–Trinajstić information content (AvgIpc) is 2.55. The predicted molar refractivity (Wildman–Crippen MR) is 82.1 cm³/mol. The lowest BCUT2D eigenvalue weighted by Crippen LogP contribution is -2.26. The zero-order valence-electron chi connectivity index (χ0n) is 12.4. The van der Waals surface area contributed by atoms with Crippen LogP contribution in [-0.2, 0) is 9.84 Å². The van der Waals surface area contributed by atoms with Crippen molar-refractivity contribution in [3.63, 3.8) is 0 Å². The second kappa shape index (κ2) is 6.65. The van der Waals surface area contributed by atoms with Crippen LogP contribution < -0.4 is 5.32 Å². The van der Waals surface area contributed by atoms with Crippen LogP contribution in [0.1, 0.15) is 35.8 Å². The molecule has 2 aromatic heterocycles. The highest BCUT2D eigenvalue weighted by molar-refractivity contribution is 7.91. The van der Waals surface area contributed by atoms with Crippen LogP contribution >= 0.6 is 0 Å². The minimum Gasteiger partial charge on any atom is -0.346 e. The topological polar surface area (TPSA) is 89.0 Å². The lowest BCUT2D eigenvalue weighted by molar-refractivity contribution is 0.0939. The first-order chi connectivity index (χ1) is 10.4. The molecule has 0 aliphatic carbocycles. The lowest BCUT2D eigenvalue weighted by Gasteiger charge is -2.15. The van der Waals surface area contributed by atoms with Crippen molar-refractivity contribution >= 4 is 15.7 Å². The number of amides is 1. The molecular weight excluding hydrogens is 302 g/mol. The van der Waals surface area contributed by atoms with Gasteiger partial charge in [0.05, 0.1) is 11.8 Å². The maximum absolute atomic E-state index is 12.1. The van der Waals surface area contributed by atoms with Crippen LogP contribution in [0.25, 0.3) is 0 Å². The monoisotopic (exact) mass is 319 g/mol. The second-order valence-corrected chi connectivity index (χ2v) is 6.99. The molecule has 0 radical (unpaired) electrons. The third-order valence-corrected chi connectivity index (χ3v) is 4.87. The molecular formula is C15H17N3O3S. The fraction of sp³-hybridized carbons (Fsp3) is 0.267. The molecule has 0 aromatic carbocycles. The summed E-state index contributed by atoms with van der Waals surface area (Å²) in [6.07, 6.45) is 4.52. The van der Waals surface area contributed by atoms with Gasteiger partial charge >= 0.3 is 0 Å². The highest BCUT2D eigenvalue weighted by Gasteiger charge is 2.17. The number of sulfone groups is 1. The summed E-state index contributed by atoms with van der Waals surface area (Å²) in [7, 11) is -3.37. The summed E-state index contributed by atoms with van der Waals surface area (Å²) in [4.78, 5) is 19.8. The van der Waals surface area contributed by atoms with Gasteiger partial charge in [-0.1, -0.05) is 6.92 Å². The molecule has 6 nitrogen and oxygen atoms in total. The van der Waals surface area contributed by atoms with Crippen LogP contribution in [0.3, 0.4) is 0 Å². The Labute approximate surface area is 129 Å². The molecule has 2 rings (SSSR count). The first-order valence-corrected chi connectivity index (χ1v) is 8.49. The van der Waals surface area contributed by atoms with Crippen molar-refractivity contribution in [1.82, 2.24) is 15.3 Å². The van der Waals surface area contributed by atoms with Crippen molar-refractivity contribution in [3.8, 4) is 0 Å². The summed E-state index contributed by atoms with van der Waals surface area (Å²) < 4.78 is 23.7. The molecule has 22 heavy (non-hydrogen) atoms. The van der Waals surface area contributed by atoms with Gasteiger partial charge in [0, 0.05) is 24.2 Å². The fourth-order valence-electron chi connectivity index (χ4n) is 1.88. The molecule has 2 aromatic rings. The summed E-state index contributed by atoms with van der Waals surface area (Å²) in [5.41, 5.74) is 1.18. The Morgan fingerprint density at radius 2 is 1.91 bits per heavy atom. The smallest absolute Gasteiger partial charge is 0.251 e. The molecule has 1 N–H and O–H groups in total. The molecule has 0 unspecified atom stereocenters. The summed E-state index contributed by atoms with van der Waals surface area (Å²) in [6, 6.07) is 6.07. The van der Waals surface area contributed by atoms with Gasteiger partial charge in [-0.3, -0.25) is 9.78 Å². The Morgan fingerprint density at radius 1 is 1.23 bits per heavy atom. The number of hydrogen-bond donors (Lipinski definition) is 1. The number of nitrogens with one attached hydrogen (secondary N) is 1. The molecule has 1 atom stereocenters. The van der Waals surface area contributed by atoms with Crippen LogP contribution in [0.4, 0.5) is 0 Å². The van der Waals surface area contributed by atoms with Gasteiger partial charge in [0.1, 0.15) is 0 Å². The van der Waals surface area contributed by atoms with Crippen molar-refractivity contribution < 1.29 is 13.2 Å². The van der Waals surface area contributed by atoms with E-state index in [1.54, 1.807) is 32.0 Å². The average molecular weight is 319 g/mol. The molecule has 0 saturated heterocycles. The molecule has 116 valence electrons. The van der Waals surface area contributed by atoms with E-state index in [0.29, 0.717) is 11.1 Å². The molecule has 1 amide bonds. The highest BCUT2D eigenvalue weighted by atomic mass is 32.2. The van der Waals surface area contributed by atoms with Gasteiger partial charge in [-0.05, 0) is 36.8 Å². The summed E-state index contributed by atoms with van der Waals surface area (Å²) in [5, 5.41) is 2.85. The first-order valence-electron chi connectivity index (χ1n) is 6.83. The van der Waals surface area contributed by atoms with Gasteiger partial charge in [-0.15, -0.1) is 0 Å². The van der Waals surface area contributed by atoms with Crippen LogP contribution in [0, 0.1) is 0 Å². The molecule has 0 spiro atoms. The normalized spacial score (nSPS) is 12.6. The Hall–Kier alpha value is -2.28. The summed E-state index contributed by atoms with van der Waals surface area (Å²) in [6.45, 7) is 3.36. The van der Waals surface area contributed by atoms with E-state index in [1.807, 2.05) is 0 Å². The number of aromatic nitrogens is 2. The largest absolute Gasteiger partial charge is 0.346 e. The number of carbonyl (C=O) groups is 1. The summed E-state index contributed by atoms with van der Waals surface area (Å²) in [5.74, 6) is -0.257. The molecule has 7 heteroatoms. The highest BCUT2D eigenvalue weighted by Crippen LogP contribution is 2.17. The molecule has 2 heterocycles. The van der Waals surface area contributed by atoms with Crippen molar-refractivity contribution in [2.45, 2.75) is 24.9 Å². The zero-order valence-corrected chi connectivity index (χ0v) is 13.2. The van der Waals surface area contributed by atoms with Crippen LogP contribution in [0.2, 0.25) is 0 Å². The van der Waals surface area contributed by atoms with E-state index in [4.69, 9.17) is 0 Å². The molecule has 0 fully saturated rings. The third kappa shape index (κ3) is 3.67. The van der Waals surface area contributed by atoms with Gasteiger partial charge in [0.15, 0.2) is 14.9 Å². The Kier molecular flexibility index (Phi) is 4.87. The first kappa shape index (κ1) is 16.1. The quantitative estimate of drug-likeness (QED) is 0.907. The van der Waals surface area contributed by atoms with Crippen LogP contribution in [-0.4, -0.2) is 30.0 Å². The van der Waals surface area contributed by atoms with Gasteiger partial charge in [0.2, 0.25) is 0 Å². The van der Waals surface area contributed by atoms with Crippen molar-refractivity contribution in [2.75, 3.05) is 5.75 Å². The van der Waals surface area contributed by atoms with Crippen molar-refractivity contribution in [3.05, 3.63) is 54.0 Å². The Bertz CT molecular complexity index is 761. The van der Waals surface area contributed by atoms with Gasteiger partial charge in [0.25, 0.3) is 5.91 Å². The number of hydrogen-bond acceptors (Lipinski definition) is 5. The number of rotatable bonds is 5. The molecule has 0 saturated carbocycles. The van der Waals surface area contributed by atoms with Crippen molar-refractivity contribution in [2.24, 2.45) is 0 Å². The maximum atomic E-state index is 12.1. The van der Waals surface area contributed by atoms with Gasteiger partial charge in [-0.2, -0.15) is 0 Å². The molecule has 0 bridgehead atoms. The van der Waals surface area contributed by atoms with E-state index in [0.717, 1.165) is 0 Å². The SMILES string of the molecule is CCS(=O)(=O)c1cc([C@H](C)NC(=O)c2ccncc2)ccn1. The third-order valence-electron chi connectivity index (χ3n) is 3.25. The van der Waals surface area contributed by atoms with E-state index >= 15 is 0 Å². The minimum absolute atomic E-state index is 0.0127. The zero-order chi connectivity index (χ0) is 16.2. The maximum Gasteiger partial charge on any atom is 0.251 e. The standard InChI is InChI=1S/C15H17N3O3S/c1-3-22(20,21)14-10-13(6-9-17-14)11(2)18-15(19)12-4-7-16-8-5-12/h4-11H,3H2,1-2H3,(H,18,19)/t11-/m0/s1. The summed E-state index contributed by atoms with van der Waals surface area (Å²) >= 11 is 0.